The number of hydrogen-bond acceptors (Lipinski definition) is 3. The predicted molar refractivity (Wildman–Crippen MR) is 61.9 cm³/mol. The third-order valence-corrected chi connectivity index (χ3v) is 2.72. The number of rotatable bonds is 3. The Morgan fingerprint density at radius 2 is 2.18 bits per heavy atom. The maximum absolute atomic E-state index is 11.9. The number of nitrogens with zero attached hydrogens (tertiary/aromatic N) is 1. The van der Waals surface area contributed by atoms with Gasteiger partial charge in [-0.2, -0.15) is 0 Å². The molecule has 0 aromatic heterocycles. The van der Waals surface area contributed by atoms with E-state index in [2.05, 4.69) is 5.32 Å². The minimum Gasteiger partial charge on any atom is -0.480 e. The molecule has 1 rings (SSSR count). The second-order valence-corrected chi connectivity index (χ2v) is 4.78. The highest BCUT2D eigenvalue weighted by Crippen LogP contribution is 2.16. The number of carbonyl (C=O) groups excluding carboxylic acids is 1. The summed E-state index contributed by atoms with van der Waals surface area (Å²) in [5.74, 6) is -1.01. The standard InChI is InChI=1S/C11H20N2O4/c1-4-8(9(14)15)12-10(16)13-5-6-17-11(2,3)7-13/h8H,4-7H2,1-3H3,(H,12,16)(H,14,15)/t8-/m1/s1. The molecule has 1 fully saturated rings. The third-order valence-electron chi connectivity index (χ3n) is 2.72. The zero-order valence-corrected chi connectivity index (χ0v) is 10.5. The average molecular weight is 244 g/mol. The summed E-state index contributed by atoms with van der Waals surface area (Å²) in [4.78, 5) is 24.3. The smallest absolute Gasteiger partial charge is 0.326 e. The fourth-order valence-corrected chi connectivity index (χ4v) is 1.77. The minimum absolute atomic E-state index is 0.337. The summed E-state index contributed by atoms with van der Waals surface area (Å²) in [5.41, 5.74) is -0.374. The van der Waals surface area contributed by atoms with Crippen molar-refractivity contribution >= 4 is 12.0 Å². The Balaban J connectivity index is 2.55. The molecule has 6 heteroatoms. The van der Waals surface area contributed by atoms with E-state index in [1.54, 1.807) is 11.8 Å². The monoisotopic (exact) mass is 244 g/mol. The van der Waals surface area contributed by atoms with Gasteiger partial charge in [-0.25, -0.2) is 9.59 Å². The molecule has 17 heavy (non-hydrogen) atoms. The molecule has 2 amide bonds. The summed E-state index contributed by atoms with van der Waals surface area (Å²) in [6.45, 7) is 6.97. The third kappa shape index (κ3) is 3.89. The molecule has 0 aliphatic carbocycles. The molecule has 1 saturated heterocycles. The number of carbonyl (C=O) groups is 2. The van der Waals surface area contributed by atoms with Crippen molar-refractivity contribution < 1.29 is 19.4 Å². The minimum atomic E-state index is -1.01. The van der Waals surface area contributed by atoms with E-state index in [4.69, 9.17) is 9.84 Å². The summed E-state index contributed by atoms with van der Waals surface area (Å²) in [6.07, 6.45) is 0.370. The first-order valence-electron chi connectivity index (χ1n) is 5.78. The van der Waals surface area contributed by atoms with E-state index in [0.717, 1.165) is 0 Å². The molecule has 0 bridgehead atoms. The molecule has 6 nitrogen and oxygen atoms in total. The van der Waals surface area contributed by atoms with Gasteiger partial charge in [-0.1, -0.05) is 6.92 Å². The topological polar surface area (TPSA) is 78.9 Å². The Labute approximate surface area is 101 Å². The van der Waals surface area contributed by atoms with Gasteiger partial charge in [-0.3, -0.25) is 0 Å². The van der Waals surface area contributed by atoms with E-state index in [1.807, 2.05) is 13.8 Å². The van der Waals surface area contributed by atoms with Gasteiger partial charge in [0.2, 0.25) is 0 Å². The van der Waals surface area contributed by atoms with Gasteiger partial charge in [0.15, 0.2) is 0 Å². The summed E-state index contributed by atoms with van der Waals surface area (Å²) in [7, 11) is 0. The van der Waals surface area contributed by atoms with Gasteiger partial charge in [0, 0.05) is 6.54 Å². The number of aliphatic carboxylic acids is 1. The number of carboxylic acid groups (broad SMARTS) is 1. The van der Waals surface area contributed by atoms with Gasteiger partial charge in [0.05, 0.1) is 18.8 Å². The Morgan fingerprint density at radius 3 is 2.65 bits per heavy atom. The van der Waals surface area contributed by atoms with Crippen LogP contribution in [0.1, 0.15) is 27.2 Å². The summed E-state index contributed by atoms with van der Waals surface area (Å²) in [6, 6.07) is -1.16. The molecular weight excluding hydrogens is 224 g/mol. The average Bonchev–Trinajstić information content (AvgIpc) is 2.23. The molecule has 0 saturated carbocycles. The Hall–Kier alpha value is -1.30. The van der Waals surface area contributed by atoms with Gasteiger partial charge >= 0.3 is 12.0 Å². The van der Waals surface area contributed by atoms with Gasteiger partial charge in [0.25, 0.3) is 0 Å². The van der Waals surface area contributed by atoms with Gasteiger partial charge in [0.1, 0.15) is 6.04 Å². The van der Waals surface area contributed by atoms with Crippen LogP contribution in [0.4, 0.5) is 4.79 Å². The van der Waals surface area contributed by atoms with E-state index >= 15 is 0 Å². The van der Waals surface area contributed by atoms with Crippen LogP contribution >= 0.6 is 0 Å². The van der Waals surface area contributed by atoms with Crippen molar-refractivity contribution in [3.05, 3.63) is 0 Å². The number of carboxylic acids is 1. The maximum atomic E-state index is 11.9. The van der Waals surface area contributed by atoms with E-state index in [1.165, 1.54) is 0 Å². The van der Waals surface area contributed by atoms with Crippen molar-refractivity contribution in [3.63, 3.8) is 0 Å². The highest BCUT2D eigenvalue weighted by Gasteiger charge is 2.31. The maximum Gasteiger partial charge on any atom is 0.326 e. The van der Waals surface area contributed by atoms with Crippen molar-refractivity contribution in [3.8, 4) is 0 Å². The largest absolute Gasteiger partial charge is 0.480 e. The van der Waals surface area contributed by atoms with Gasteiger partial charge in [-0.15, -0.1) is 0 Å². The number of morpholine rings is 1. The van der Waals surface area contributed by atoms with E-state index in [0.29, 0.717) is 26.1 Å². The Morgan fingerprint density at radius 1 is 1.53 bits per heavy atom. The lowest BCUT2D eigenvalue weighted by Crippen LogP contribution is -2.55. The van der Waals surface area contributed by atoms with Crippen LogP contribution in [0, 0.1) is 0 Å². The predicted octanol–water partition coefficient (Wildman–Crippen LogP) is 0.670. The fourth-order valence-electron chi connectivity index (χ4n) is 1.77. The normalized spacial score (nSPS) is 20.8. The molecule has 1 atom stereocenters. The van der Waals surface area contributed by atoms with E-state index in [-0.39, 0.29) is 11.6 Å². The van der Waals surface area contributed by atoms with Crippen LogP contribution in [-0.2, 0) is 9.53 Å². The van der Waals surface area contributed by atoms with Crippen molar-refractivity contribution in [2.75, 3.05) is 19.7 Å². The molecule has 2 N–H and O–H groups in total. The molecule has 0 spiro atoms. The molecular formula is C11H20N2O4. The molecule has 0 aromatic carbocycles. The second kappa shape index (κ2) is 5.35. The highest BCUT2D eigenvalue weighted by atomic mass is 16.5. The number of hydrogen-bond donors (Lipinski definition) is 2. The first-order chi connectivity index (χ1) is 7.85. The molecule has 0 radical (unpaired) electrons. The zero-order chi connectivity index (χ0) is 13.1. The first-order valence-corrected chi connectivity index (χ1v) is 5.78. The highest BCUT2D eigenvalue weighted by molar-refractivity contribution is 5.82. The summed E-state index contributed by atoms with van der Waals surface area (Å²) in [5, 5.41) is 11.4. The first kappa shape index (κ1) is 13.8. The number of nitrogens with one attached hydrogen (secondary N) is 1. The molecule has 1 aliphatic heterocycles. The van der Waals surface area contributed by atoms with Crippen molar-refractivity contribution in [2.24, 2.45) is 0 Å². The quantitative estimate of drug-likeness (QED) is 0.764. The molecule has 1 aliphatic rings. The van der Waals surface area contributed by atoms with E-state index < -0.39 is 12.0 Å². The molecule has 1 heterocycles. The lowest BCUT2D eigenvalue weighted by molar-refractivity contribution is -0.139. The second-order valence-electron chi connectivity index (χ2n) is 4.78. The fraction of sp³-hybridized carbons (Fsp3) is 0.818. The number of ether oxygens (including phenoxy) is 1. The summed E-state index contributed by atoms with van der Waals surface area (Å²) >= 11 is 0. The number of amides is 2. The lowest BCUT2D eigenvalue weighted by Gasteiger charge is -2.38. The van der Waals surface area contributed by atoms with Crippen molar-refractivity contribution in [2.45, 2.75) is 38.8 Å². The van der Waals surface area contributed by atoms with Crippen molar-refractivity contribution in [1.29, 1.82) is 0 Å². The van der Waals surface area contributed by atoms with Gasteiger partial charge in [-0.05, 0) is 20.3 Å². The van der Waals surface area contributed by atoms with Gasteiger partial charge < -0.3 is 20.1 Å². The SMILES string of the molecule is CC[C@@H](NC(=O)N1CCOC(C)(C)C1)C(=O)O. The van der Waals surface area contributed by atoms with Crippen molar-refractivity contribution in [1.82, 2.24) is 10.2 Å². The lowest BCUT2D eigenvalue weighted by atomic mass is 10.1. The Bertz CT molecular complexity index is 304. The molecule has 98 valence electrons. The molecule has 0 unspecified atom stereocenters. The zero-order valence-electron chi connectivity index (χ0n) is 10.5. The van der Waals surface area contributed by atoms with Crippen LogP contribution in [0.5, 0.6) is 0 Å². The van der Waals surface area contributed by atoms with Crippen LogP contribution < -0.4 is 5.32 Å². The number of urea groups is 1. The van der Waals surface area contributed by atoms with Crippen LogP contribution in [0.15, 0.2) is 0 Å². The van der Waals surface area contributed by atoms with Crippen LogP contribution in [-0.4, -0.2) is 53.3 Å². The molecule has 0 aromatic rings. The van der Waals surface area contributed by atoms with E-state index in [9.17, 15) is 9.59 Å². The summed E-state index contributed by atoms with van der Waals surface area (Å²) < 4.78 is 5.49. The van der Waals surface area contributed by atoms with Crippen LogP contribution in [0.3, 0.4) is 0 Å². The van der Waals surface area contributed by atoms with Crippen LogP contribution in [0.25, 0.3) is 0 Å². The Kier molecular flexibility index (Phi) is 4.34. The van der Waals surface area contributed by atoms with Crippen LogP contribution in [0.2, 0.25) is 0 Å².